The van der Waals surface area contributed by atoms with Crippen LogP contribution in [0.15, 0.2) is 11.1 Å². The van der Waals surface area contributed by atoms with Crippen LogP contribution in [0.3, 0.4) is 0 Å². The number of esters is 1. The Morgan fingerprint density at radius 2 is 1.79 bits per heavy atom. The van der Waals surface area contributed by atoms with E-state index in [4.69, 9.17) is 4.74 Å². The largest absolute Gasteiger partial charge is 0.450 e. The molecule has 0 aromatic heterocycles. The summed E-state index contributed by atoms with van der Waals surface area (Å²) in [5.41, 5.74) is -0.0185. The number of ether oxygens (including phenoxy) is 1. The lowest BCUT2D eigenvalue weighted by atomic mass is 9.82. The molecule has 0 unspecified atom stereocenters. The monoisotopic (exact) mass is 405 g/mol. The molecule has 3 aliphatic rings. The molecule has 3 rings (SSSR count). The molecule has 0 radical (unpaired) electrons. The molecule has 7 heteroatoms. The van der Waals surface area contributed by atoms with Gasteiger partial charge in [-0.3, -0.25) is 14.5 Å². The highest BCUT2D eigenvalue weighted by atomic mass is 16.6. The zero-order chi connectivity index (χ0) is 21.2. The van der Waals surface area contributed by atoms with E-state index in [9.17, 15) is 14.4 Å². The highest BCUT2D eigenvalue weighted by Crippen LogP contribution is 2.41. The SMILES string of the molecule is CC(=O)N1CCC2(CC1)OC(=O)C(C)=C2C(=O)NCCCN1[C@H](C)CCC[C@H]1C. The van der Waals surface area contributed by atoms with Gasteiger partial charge in [-0.15, -0.1) is 0 Å². The molecule has 2 atom stereocenters. The second kappa shape index (κ2) is 8.86. The van der Waals surface area contributed by atoms with Crippen molar-refractivity contribution in [2.24, 2.45) is 0 Å². The number of nitrogens with one attached hydrogen (secondary N) is 1. The highest BCUT2D eigenvalue weighted by Gasteiger charge is 2.51. The minimum absolute atomic E-state index is 0.0112. The molecule has 0 saturated carbocycles. The molecule has 1 N–H and O–H groups in total. The van der Waals surface area contributed by atoms with Gasteiger partial charge in [-0.25, -0.2) is 4.79 Å². The fourth-order valence-corrected chi connectivity index (χ4v) is 5.13. The molecule has 29 heavy (non-hydrogen) atoms. The molecule has 2 saturated heterocycles. The van der Waals surface area contributed by atoms with Gasteiger partial charge in [0.25, 0.3) is 5.91 Å². The number of nitrogens with zero attached hydrogens (tertiary/aromatic N) is 2. The lowest BCUT2D eigenvalue weighted by Gasteiger charge is -2.39. The number of amides is 2. The average Bonchev–Trinajstić information content (AvgIpc) is 2.90. The molecular formula is C22H35N3O4. The maximum Gasteiger partial charge on any atom is 0.335 e. The van der Waals surface area contributed by atoms with Gasteiger partial charge in [0.2, 0.25) is 5.91 Å². The lowest BCUT2D eigenvalue weighted by Crippen LogP contribution is -2.50. The predicted molar refractivity (Wildman–Crippen MR) is 110 cm³/mol. The van der Waals surface area contributed by atoms with Crippen LogP contribution in [0.1, 0.15) is 66.2 Å². The van der Waals surface area contributed by atoms with Crippen LogP contribution in [0.5, 0.6) is 0 Å². The van der Waals surface area contributed by atoms with E-state index in [0.717, 1.165) is 13.0 Å². The second-order valence-electron chi connectivity index (χ2n) is 8.87. The molecule has 7 nitrogen and oxygen atoms in total. The highest BCUT2D eigenvalue weighted by molar-refractivity contribution is 6.07. The third kappa shape index (κ3) is 4.49. The van der Waals surface area contributed by atoms with Crippen molar-refractivity contribution in [3.05, 3.63) is 11.1 Å². The van der Waals surface area contributed by atoms with Gasteiger partial charge < -0.3 is 15.0 Å². The Bertz CT molecular complexity index is 684. The van der Waals surface area contributed by atoms with Crippen molar-refractivity contribution in [1.82, 2.24) is 15.1 Å². The number of hydrogen-bond acceptors (Lipinski definition) is 5. The van der Waals surface area contributed by atoms with Crippen LogP contribution in [-0.2, 0) is 19.1 Å². The first kappa shape index (κ1) is 21.8. The smallest absolute Gasteiger partial charge is 0.335 e. The van der Waals surface area contributed by atoms with Crippen molar-refractivity contribution in [3.63, 3.8) is 0 Å². The van der Waals surface area contributed by atoms with E-state index in [1.807, 2.05) is 0 Å². The molecule has 3 aliphatic heterocycles. The Kier molecular flexibility index (Phi) is 6.66. The van der Waals surface area contributed by atoms with Crippen molar-refractivity contribution in [1.29, 1.82) is 0 Å². The van der Waals surface area contributed by atoms with Crippen LogP contribution >= 0.6 is 0 Å². The number of hydrogen-bond donors (Lipinski definition) is 1. The summed E-state index contributed by atoms with van der Waals surface area (Å²) in [6.07, 6.45) is 5.60. The zero-order valence-electron chi connectivity index (χ0n) is 18.3. The van der Waals surface area contributed by atoms with Crippen molar-refractivity contribution < 1.29 is 19.1 Å². The van der Waals surface area contributed by atoms with Gasteiger partial charge in [-0.2, -0.15) is 0 Å². The summed E-state index contributed by atoms with van der Waals surface area (Å²) in [5.74, 6) is -0.608. The molecule has 2 amide bonds. The fourth-order valence-electron chi connectivity index (χ4n) is 5.13. The van der Waals surface area contributed by atoms with Crippen LogP contribution in [-0.4, -0.2) is 71.4 Å². The molecule has 0 bridgehead atoms. The second-order valence-corrected chi connectivity index (χ2v) is 8.87. The van der Waals surface area contributed by atoms with Gasteiger partial charge in [0, 0.05) is 63.6 Å². The predicted octanol–water partition coefficient (Wildman–Crippen LogP) is 2.01. The van der Waals surface area contributed by atoms with Crippen LogP contribution < -0.4 is 5.32 Å². The van der Waals surface area contributed by atoms with E-state index in [1.165, 1.54) is 26.2 Å². The number of carbonyl (C=O) groups excluding carboxylic acids is 3. The molecule has 0 aromatic carbocycles. The van der Waals surface area contributed by atoms with E-state index in [0.29, 0.717) is 55.7 Å². The van der Waals surface area contributed by atoms with Crippen molar-refractivity contribution in [3.8, 4) is 0 Å². The topological polar surface area (TPSA) is 78.9 Å². The van der Waals surface area contributed by atoms with Gasteiger partial charge in [0.1, 0.15) is 5.60 Å². The van der Waals surface area contributed by atoms with Gasteiger partial charge in [-0.1, -0.05) is 6.42 Å². The summed E-state index contributed by atoms with van der Waals surface area (Å²) >= 11 is 0. The summed E-state index contributed by atoms with van der Waals surface area (Å²) in [4.78, 5) is 41.1. The molecule has 162 valence electrons. The lowest BCUT2D eigenvalue weighted by molar-refractivity contribution is -0.152. The number of carbonyl (C=O) groups is 3. The summed E-state index contributed by atoms with van der Waals surface area (Å²) in [6.45, 7) is 10.3. The fraction of sp³-hybridized carbons (Fsp3) is 0.773. The Balaban J connectivity index is 1.57. The first-order valence-corrected chi connectivity index (χ1v) is 11.0. The summed E-state index contributed by atoms with van der Waals surface area (Å²) in [6, 6.07) is 1.19. The first-order chi connectivity index (χ1) is 13.7. The number of piperidine rings is 2. The molecule has 0 aliphatic carbocycles. The summed E-state index contributed by atoms with van der Waals surface area (Å²) < 4.78 is 5.67. The Morgan fingerprint density at radius 3 is 2.38 bits per heavy atom. The standard InChI is InChI=1S/C22H35N3O4/c1-15-7-5-8-16(2)25(15)12-6-11-23-20(27)19-17(3)21(28)29-22(19)9-13-24(14-10-22)18(4)26/h15-16H,5-14H2,1-4H3,(H,23,27)/t15-,16-/m1/s1. The van der Waals surface area contributed by atoms with Crippen LogP contribution in [0, 0.1) is 0 Å². The molecule has 3 heterocycles. The minimum atomic E-state index is -0.882. The van der Waals surface area contributed by atoms with Crippen LogP contribution in [0.4, 0.5) is 0 Å². The maximum atomic E-state index is 13.0. The van der Waals surface area contributed by atoms with Crippen LogP contribution in [0.2, 0.25) is 0 Å². The molecule has 2 fully saturated rings. The molecule has 0 aromatic rings. The molecule has 1 spiro atoms. The Hall–Kier alpha value is -1.89. The van der Waals surface area contributed by atoms with Gasteiger partial charge >= 0.3 is 5.97 Å². The van der Waals surface area contributed by atoms with Gasteiger partial charge in [0.05, 0.1) is 5.57 Å². The van der Waals surface area contributed by atoms with E-state index in [-0.39, 0.29) is 11.8 Å². The summed E-state index contributed by atoms with van der Waals surface area (Å²) in [7, 11) is 0. The maximum absolute atomic E-state index is 13.0. The van der Waals surface area contributed by atoms with Gasteiger partial charge in [-0.05, 0) is 40.0 Å². The molecular weight excluding hydrogens is 370 g/mol. The quantitative estimate of drug-likeness (QED) is 0.559. The third-order valence-corrected chi connectivity index (χ3v) is 6.92. The average molecular weight is 406 g/mol. The van der Waals surface area contributed by atoms with E-state index in [1.54, 1.807) is 11.8 Å². The minimum Gasteiger partial charge on any atom is -0.450 e. The van der Waals surface area contributed by atoms with Crippen LogP contribution in [0.25, 0.3) is 0 Å². The van der Waals surface area contributed by atoms with Crippen molar-refractivity contribution in [2.45, 2.75) is 83.9 Å². The van der Waals surface area contributed by atoms with E-state index < -0.39 is 11.6 Å². The summed E-state index contributed by atoms with van der Waals surface area (Å²) in [5, 5.41) is 3.01. The third-order valence-electron chi connectivity index (χ3n) is 6.92. The van der Waals surface area contributed by atoms with Crippen molar-refractivity contribution >= 4 is 17.8 Å². The van der Waals surface area contributed by atoms with E-state index >= 15 is 0 Å². The Morgan fingerprint density at radius 1 is 1.17 bits per heavy atom. The van der Waals surface area contributed by atoms with Crippen molar-refractivity contribution in [2.75, 3.05) is 26.2 Å². The number of likely N-dealkylation sites (tertiary alicyclic amines) is 2. The van der Waals surface area contributed by atoms with Gasteiger partial charge in [0.15, 0.2) is 0 Å². The Labute approximate surface area is 173 Å². The normalized spacial score (nSPS) is 27.3. The zero-order valence-corrected chi connectivity index (χ0v) is 18.3. The first-order valence-electron chi connectivity index (χ1n) is 11.0. The van der Waals surface area contributed by atoms with E-state index in [2.05, 4.69) is 24.1 Å². The number of rotatable bonds is 5.